The molecule has 2 aromatic rings. The Balaban J connectivity index is 0.00000576. The van der Waals surface area contributed by atoms with E-state index in [1.807, 2.05) is 13.8 Å². The number of rotatable bonds is 15. The molecule has 0 bridgehead atoms. The van der Waals surface area contributed by atoms with Crippen LogP contribution in [0.1, 0.15) is 38.7 Å². The maximum absolute atomic E-state index is 14.1. The number of methoxy groups -OCH3 is 1. The molecule has 2 unspecified atom stereocenters. The molecule has 1 aliphatic heterocycles. The fourth-order valence-corrected chi connectivity index (χ4v) is 4.64. The van der Waals surface area contributed by atoms with E-state index in [2.05, 4.69) is 20.7 Å². The standard InChI is InChI=1S/C31H37F3N4O8.2ClH/c1-18(2)36-16-23(39)17-46-24-11-9-21(10-12-24)35-13-6-14-45-30(41)25-19(3)37-28(31(32,33)34)27(29(40)44-4)26(25)20-7-5-8-22(15-20)38(42)43;;/h5,7-12,15,18,23,26,35-37,39H,6,13-14,16-17H2,1-4H3;2*1H. The highest BCUT2D eigenvalue weighted by atomic mass is 35.5. The first-order valence-corrected chi connectivity index (χ1v) is 14.4. The summed E-state index contributed by atoms with van der Waals surface area (Å²) in [4.78, 5) is 36.7. The van der Waals surface area contributed by atoms with Gasteiger partial charge in [0.05, 0.1) is 35.7 Å². The summed E-state index contributed by atoms with van der Waals surface area (Å²) in [7, 11) is 0.891. The number of aliphatic hydroxyl groups excluding tert-OH is 1. The Labute approximate surface area is 288 Å². The van der Waals surface area contributed by atoms with Crippen LogP contribution in [0, 0.1) is 10.1 Å². The number of allylic oxidation sites excluding steroid dienone is 2. The molecule has 3 rings (SSSR count). The lowest BCUT2D eigenvalue weighted by atomic mass is 9.80. The smallest absolute Gasteiger partial charge is 0.431 e. The molecule has 0 amide bonds. The van der Waals surface area contributed by atoms with Crippen molar-refractivity contribution in [2.24, 2.45) is 0 Å². The van der Waals surface area contributed by atoms with Gasteiger partial charge in [-0.05, 0) is 43.2 Å². The van der Waals surface area contributed by atoms with Crippen molar-refractivity contribution in [1.29, 1.82) is 0 Å². The third-order valence-corrected chi connectivity index (χ3v) is 6.83. The summed E-state index contributed by atoms with van der Waals surface area (Å²) in [5.74, 6) is -3.46. The molecular weight excluding hydrogens is 684 g/mol. The summed E-state index contributed by atoms with van der Waals surface area (Å²) in [5, 5.41) is 29.8. The van der Waals surface area contributed by atoms with Gasteiger partial charge >= 0.3 is 18.1 Å². The number of hydrogen-bond acceptors (Lipinski definition) is 11. The van der Waals surface area contributed by atoms with E-state index in [9.17, 15) is 38.0 Å². The summed E-state index contributed by atoms with van der Waals surface area (Å²) >= 11 is 0. The van der Waals surface area contributed by atoms with Gasteiger partial charge in [-0.1, -0.05) is 26.0 Å². The van der Waals surface area contributed by atoms with Crippen LogP contribution in [0.15, 0.2) is 71.1 Å². The van der Waals surface area contributed by atoms with Crippen molar-refractivity contribution >= 4 is 48.1 Å². The van der Waals surface area contributed by atoms with Gasteiger partial charge in [-0.2, -0.15) is 13.2 Å². The Hall–Kier alpha value is -4.05. The summed E-state index contributed by atoms with van der Waals surface area (Å²) in [6.07, 6.45) is -5.39. The predicted octanol–water partition coefficient (Wildman–Crippen LogP) is 5.17. The molecule has 17 heteroatoms. The zero-order valence-electron chi connectivity index (χ0n) is 26.6. The number of carbonyl (C=O) groups is 2. The second-order valence-electron chi connectivity index (χ2n) is 10.7. The van der Waals surface area contributed by atoms with Gasteiger partial charge in [0.1, 0.15) is 24.2 Å². The number of nitrogens with zero attached hydrogens (tertiary/aromatic N) is 1. The average Bonchev–Trinajstić information content (AvgIpc) is 3.01. The quantitative estimate of drug-likeness (QED) is 0.0831. The van der Waals surface area contributed by atoms with Gasteiger partial charge in [0.2, 0.25) is 0 Å². The van der Waals surface area contributed by atoms with Crippen LogP contribution in [0.4, 0.5) is 24.5 Å². The van der Waals surface area contributed by atoms with E-state index < -0.39 is 52.0 Å². The van der Waals surface area contributed by atoms with Gasteiger partial charge in [0.25, 0.3) is 5.69 Å². The Morgan fingerprint density at radius 2 is 1.75 bits per heavy atom. The van der Waals surface area contributed by atoms with Crippen LogP contribution in [0.3, 0.4) is 0 Å². The minimum Gasteiger partial charge on any atom is -0.491 e. The lowest BCUT2D eigenvalue weighted by Gasteiger charge is -2.31. The van der Waals surface area contributed by atoms with E-state index in [-0.39, 0.29) is 60.9 Å². The van der Waals surface area contributed by atoms with E-state index in [1.165, 1.54) is 19.1 Å². The number of non-ortho nitro benzene ring substituents is 1. The zero-order valence-corrected chi connectivity index (χ0v) is 28.2. The average molecular weight is 724 g/mol. The number of ether oxygens (including phenoxy) is 3. The van der Waals surface area contributed by atoms with Crippen molar-refractivity contribution in [3.8, 4) is 5.75 Å². The van der Waals surface area contributed by atoms with Gasteiger partial charge < -0.3 is 35.3 Å². The molecule has 2 atom stereocenters. The first-order chi connectivity index (χ1) is 21.7. The molecule has 48 heavy (non-hydrogen) atoms. The molecule has 0 aromatic heterocycles. The molecular formula is C31H39Cl2F3N4O8. The van der Waals surface area contributed by atoms with Crippen LogP contribution in [0.25, 0.3) is 0 Å². The van der Waals surface area contributed by atoms with Crippen LogP contribution >= 0.6 is 24.8 Å². The number of hydrogen-bond donors (Lipinski definition) is 4. The zero-order chi connectivity index (χ0) is 34.0. The van der Waals surface area contributed by atoms with E-state index in [0.29, 0.717) is 25.3 Å². The van der Waals surface area contributed by atoms with Gasteiger partial charge in [-0.25, -0.2) is 9.59 Å². The summed E-state index contributed by atoms with van der Waals surface area (Å²) < 4.78 is 57.8. The fourth-order valence-electron chi connectivity index (χ4n) is 4.64. The van der Waals surface area contributed by atoms with Gasteiger partial charge in [-0.3, -0.25) is 10.1 Å². The summed E-state index contributed by atoms with van der Waals surface area (Å²) in [5.41, 5.74) is -2.71. The number of aliphatic hydroxyl groups is 1. The Bertz CT molecular complexity index is 1470. The number of dihydropyridines is 1. The molecule has 0 spiro atoms. The van der Waals surface area contributed by atoms with Crippen LogP contribution in [-0.4, -0.2) is 73.7 Å². The molecule has 0 radical (unpaired) electrons. The molecule has 1 heterocycles. The highest BCUT2D eigenvalue weighted by Crippen LogP contribution is 2.44. The van der Waals surface area contributed by atoms with Crippen molar-refractivity contribution in [2.45, 2.75) is 51.4 Å². The first-order valence-electron chi connectivity index (χ1n) is 14.4. The maximum Gasteiger partial charge on any atom is 0.431 e. The molecule has 0 fully saturated rings. The molecule has 12 nitrogen and oxygen atoms in total. The Kier molecular flexibility index (Phi) is 16.7. The number of nitrogens with one attached hydrogen (secondary N) is 3. The summed E-state index contributed by atoms with van der Waals surface area (Å²) in [6.45, 7) is 5.94. The largest absolute Gasteiger partial charge is 0.491 e. The Morgan fingerprint density at radius 3 is 2.33 bits per heavy atom. The molecule has 0 saturated carbocycles. The number of anilines is 1. The highest BCUT2D eigenvalue weighted by molar-refractivity contribution is 6.00. The van der Waals surface area contributed by atoms with Gasteiger partial charge in [-0.15, -0.1) is 24.8 Å². The minimum absolute atomic E-state index is 0. The number of nitro benzene ring substituents is 1. The molecule has 0 saturated heterocycles. The monoisotopic (exact) mass is 722 g/mol. The second kappa shape index (κ2) is 19.1. The van der Waals surface area contributed by atoms with Gasteiger partial charge in [0, 0.05) is 42.6 Å². The first kappa shape index (κ1) is 42.0. The number of esters is 2. The third kappa shape index (κ3) is 11.6. The normalized spacial score (nSPS) is 15.1. The number of halogens is 5. The van der Waals surface area contributed by atoms with Crippen molar-refractivity contribution in [1.82, 2.24) is 10.6 Å². The van der Waals surface area contributed by atoms with Crippen molar-refractivity contribution in [3.63, 3.8) is 0 Å². The number of carbonyl (C=O) groups excluding carboxylic acids is 2. The predicted molar refractivity (Wildman–Crippen MR) is 176 cm³/mol. The fraction of sp³-hybridized carbons (Fsp3) is 0.419. The molecule has 2 aromatic carbocycles. The molecule has 1 aliphatic rings. The van der Waals surface area contributed by atoms with E-state index in [0.717, 1.165) is 24.9 Å². The van der Waals surface area contributed by atoms with Crippen molar-refractivity contribution in [2.75, 3.05) is 38.7 Å². The van der Waals surface area contributed by atoms with Crippen LogP contribution in [0.5, 0.6) is 5.75 Å². The van der Waals surface area contributed by atoms with Crippen molar-refractivity contribution < 1.29 is 47.0 Å². The number of benzene rings is 2. The Morgan fingerprint density at radius 1 is 1.08 bits per heavy atom. The highest BCUT2D eigenvalue weighted by Gasteiger charge is 2.47. The SMILES string of the molecule is COC(=O)C1=C(C(F)(F)F)NC(C)=C(C(=O)OCCCNc2ccc(OCC(O)CNC(C)C)cc2)C1c1cccc([N+](=O)[O-])c1.Cl.Cl. The van der Waals surface area contributed by atoms with E-state index >= 15 is 0 Å². The van der Waals surface area contributed by atoms with E-state index in [4.69, 9.17) is 9.47 Å². The number of nitro groups is 1. The van der Waals surface area contributed by atoms with E-state index in [1.54, 1.807) is 24.3 Å². The molecule has 4 N–H and O–H groups in total. The van der Waals surface area contributed by atoms with Crippen LogP contribution in [-0.2, 0) is 19.1 Å². The van der Waals surface area contributed by atoms with Crippen molar-refractivity contribution in [3.05, 3.63) is 86.7 Å². The lowest BCUT2D eigenvalue weighted by molar-refractivity contribution is -0.384. The lowest BCUT2D eigenvalue weighted by Crippen LogP contribution is -2.38. The van der Waals surface area contributed by atoms with Gasteiger partial charge in [0.15, 0.2) is 0 Å². The second-order valence-corrected chi connectivity index (χ2v) is 10.7. The molecule has 0 aliphatic carbocycles. The van der Waals surface area contributed by atoms with Crippen LogP contribution in [0.2, 0.25) is 0 Å². The summed E-state index contributed by atoms with van der Waals surface area (Å²) in [6, 6.07) is 11.9. The minimum atomic E-state index is -5.04. The number of alkyl halides is 3. The molecule has 266 valence electrons. The maximum atomic E-state index is 14.1. The third-order valence-electron chi connectivity index (χ3n) is 6.83. The topological polar surface area (TPSA) is 161 Å². The van der Waals surface area contributed by atoms with Crippen LogP contribution < -0.4 is 20.7 Å².